The molecule has 3 rings (SSSR count). The molecular weight excluding hydrogens is 311 g/mol. The van der Waals surface area contributed by atoms with E-state index >= 15 is 0 Å². The Morgan fingerprint density at radius 3 is 2.65 bits per heavy atom. The Labute approximate surface area is 139 Å². The van der Waals surface area contributed by atoms with Crippen LogP contribution in [-0.2, 0) is 6.54 Å². The molecule has 3 aromatic rings. The lowest BCUT2D eigenvalue weighted by atomic mass is 10.1. The van der Waals surface area contributed by atoms with E-state index in [4.69, 9.17) is 12.2 Å². The minimum atomic E-state index is -0.256. The molecule has 0 bridgehead atoms. The van der Waals surface area contributed by atoms with Gasteiger partial charge in [-0.2, -0.15) is 5.10 Å². The van der Waals surface area contributed by atoms with Gasteiger partial charge in [-0.3, -0.25) is 9.67 Å². The van der Waals surface area contributed by atoms with Gasteiger partial charge in [0.05, 0.1) is 12.2 Å². The Morgan fingerprint density at radius 2 is 1.91 bits per heavy atom. The number of aryl methyl sites for hydroxylation is 1. The number of H-pyrrole nitrogens is 1. The SMILES string of the molecule is Cc1cccc(-n2c(CNc3ccc(F)cc3)n[nH]c2=S)c1C. The van der Waals surface area contributed by atoms with Crippen molar-refractivity contribution in [3.05, 3.63) is 70.0 Å². The van der Waals surface area contributed by atoms with Gasteiger partial charge in [0.25, 0.3) is 0 Å². The summed E-state index contributed by atoms with van der Waals surface area (Å²) in [6, 6.07) is 12.3. The zero-order valence-electron chi connectivity index (χ0n) is 12.9. The van der Waals surface area contributed by atoms with Crippen LogP contribution in [0.1, 0.15) is 17.0 Å². The smallest absolute Gasteiger partial charge is 0.199 e. The summed E-state index contributed by atoms with van der Waals surface area (Å²) in [6.45, 7) is 4.61. The zero-order chi connectivity index (χ0) is 16.4. The van der Waals surface area contributed by atoms with Crippen LogP contribution in [0.15, 0.2) is 42.5 Å². The maximum atomic E-state index is 13.0. The van der Waals surface area contributed by atoms with Gasteiger partial charge in [-0.15, -0.1) is 0 Å². The number of rotatable bonds is 4. The van der Waals surface area contributed by atoms with Gasteiger partial charge in [0.15, 0.2) is 10.6 Å². The monoisotopic (exact) mass is 328 g/mol. The summed E-state index contributed by atoms with van der Waals surface area (Å²) in [5, 5.41) is 10.4. The fraction of sp³-hybridized carbons (Fsp3) is 0.176. The third-order valence-corrected chi connectivity index (χ3v) is 4.13. The number of anilines is 1. The minimum absolute atomic E-state index is 0.256. The Bertz CT molecular complexity index is 880. The van der Waals surface area contributed by atoms with E-state index < -0.39 is 0 Å². The van der Waals surface area contributed by atoms with Crippen LogP contribution in [0.2, 0.25) is 0 Å². The first kappa shape index (κ1) is 15.4. The van der Waals surface area contributed by atoms with E-state index in [1.165, 1.54) is 17.7 Å². The summed E-state index contributed by atoms with van der Waals surface area (Å²) in [5.41, 5.74) is 4.20. The Balaban J connectivity index is 1.91. The highest BCUT2D eigenvalue weighted by atomic mass is 32.1. The van der Waals surface area contributed by atoms with Crippen molar-refractivity contribution in [3.8, 4) is 5.69 Å². The van der Waals surface area contributed by atoms with Gasteiger partial charge in [-0.1, -0.05) is 12.1 Å². The number of hydrogen-bond donors (Lipinski definition) is 2. The fourth-order valence-electron chi connectivity index (χ4n) is 2.42. The fourth-order valence-corrected chi connectivity index (χ4v) is 2.67. The van der Waals surface area contributed by atoms with Crippen molar-refractivity contribution in [3.63, 3.8) is 0 Å². The van der Waals surface area contributed by atoms with E-state index in [2.05, 4.69) is 35.4 Å². The average Bonchev–Trinajstić information content (AvgIpc) is 2.90. The Morgan fingerprint density at radius 1 is 1.17 bits per heavy atom. The molecule has 0 aliphatic rings. The number of aromatic nitrogens is 3. The predicted octanol–water partition coefficient (Wildman–Crippen LogP) is 4.30. The number of nitrogens with zero attached hydrogens (tertiary/aromatic N) is 2. The van der Waals surface area contributed by atoms with Gasteiger partial charge in [0.2, 0.25) is 0 Å². The molecule has 0 spiro atoms. The molecule has 0 radical (unpaired) electrons. The molecule has 0 fully saturated rings. The van der Waals surface area contributed by atoms with Gasteiger partial charge < -0.3 is 5.32 Å². The van der Waals surface area contributed by atoms with Crippen LogP contribution in [0.4, 0.5) is 10.1 Å². The number of halogens is 1. The molecule has 4 nitrogen and oxygen atoms in total. The number of nitrogens with one attached hydrogen (secondary N) is 2. The Kier molecular flexibility index (Phi) is 4.25. The molecule has 118 valence electrons. The second-order valence-electron chi connectivity index (χ2n) is 5.36. The quantitative estimate of drug-likeness (QED) is 0.702. The van der Waals surface area contributed by atoms with E-state index in [9.17, 15) is 4.39 Å². The number of aromatic amines is 1. The van der Waals surface area contributed by atoms with Crippen molar-refractivity contribution >= 4 is 17.9 Å². The highest BCUT2D eigenvalue weighted by Crippen LogP contribution is 2.20. The Hall–Kier alpha value is -2.47. The van der Waals surface area contributed by atoms with Crippen LogP contribution in [-0.4, -0.2) is 14.8 Å². The summed E-state index contributed by atoms with van der Waals surface area (Å²) in [6.07, 6.45) is 0. The van der Waals surface area contributed by atoms with Crippen LogP contribution in [0.25, 0.3) is 5.69 Å². The first-order valence-corrected chi connectivity index (χ1v) is 7.69. The van der Waals surface area contributed by atoms with E-state index in [1.807, 2.05) is 16.7 Å². The lowest BCUT2D eigenvalue weighted by Crippen LogP contribution is -2.09. The molecule has 0 unspecified atom stereocenters. The van der Waals surface area contributed by atoms with Crippen LogP contribution in [0.3, 0.4) is 0 Å². The van der Waals surface area contributed by atoms with E-state index in [0.29, 0.717) is 11.3 Å². The molecule has 0 saturated heterocycles. The minimum Gasteiger partial charge on any atom is -0.378 e. The topological polar surface area (TPSA) is 45.6 Å². The largest absolute Gasteiger partial charge is 0.378 e. The highest BCUT2D eigenvalue weighted by Gasteiger charge is 2.11. The van der Waals surface area contributed by atoms with Gasteiger partial charge >= 0.3 is 0 Å². The molecule has 0 aliphatic heterocycles. The molecule has 2 aromatic carbocycles. The average molecular weight is 328 g/mol. The lowest BCUT2D eigenvalue weighted by molar-refractivity contribution is 0.628. The molecule has 1 aromatic heterocycles. The molecule has 0 saturated carbocycles. The lowest BCUT2D eigenvalue weighted by Gasteiger charge is -2.12. The second-order valence-corrected chi connectivity index (χ2v) is 5.75. The second kappa shape index (κ2) is 6.34. The van der Waals surface area contributed by atoms with Crippen LogP contribution < -0.4 is 5.32 Å². The van der Waals surface area contributed by atoms with Crippen molar-refractivity contribution in [2.75, 3.05) is 5.32 Å². The summed E-state index contributed by atoms with van der Waals surface area (Å²) < 4.78 is 15.4. The molecule has 0 atom stereocenters. The molecular formula is C17H17FN4S. The van der Waals surface area contributed by atoms with E-state index in [1.54, 1.807) is 12.1 Å². The van der Waals surface area contributed by atoms with Crippen LogP contribution in [0.5, 0.6) is 0 Å². The molecule has 2 N–H and O–H groups in total. The number of benzene rings is 2. The third-order valence-electron chi connectivity index (χ3n) is 3.85. The maximum Gasteiger partial charge on any atom is 0.199 e. The van der Waals surface area contributed by atoms with Gasteiger partial charge in [-0.05, 0) is 67.5 Å². The first-order valence-electron chi connectivity index (χ1n) is 7.28. The standard InChI is InChI=1S/C17H17FN4S/c1-11-4-3-5-15(12(11)2)22-16(20-21-17(22)23)10-19-14-8-6-13(18)7-9-14/h3-9,19H,10H2,1-2H3,(H,21,23). The van der Waals surface area contributed by atoms with Gasteiger partial charge in [0.1, 0.15) is 5.82 Å². The molecule has 0 amide bonds. The summed E-state index contributed by atoms with van der Waals surface area (Å²) in [5.74, 6) is 0.515. The maximum absolute atomic E-state index is 13.0. The summed E-state index contributed by atoms with van der Waals surface area (Å²) in [4.78, 5) is 0. The van der Waals surface area contributed by atoms with Crippen LogP contribution >= 0.6 is 12.2 Å². The summed E-state index contributed by atoms with van der Waals surface area (Å²) in [7, 11) is 0. The normalized spacial score (nSPS) is 10.7. The van der Waals surface area contributed by atoms with Gasteiger partial charge in [0, 0.05) is 5.69 Å². The van der Waals surface area contributed by atoms with Crippen molar-refractivity contribution in [2.24, 2.45) is 0 Å². The third kappa shape index (κ3) is 3.17. The van der Waals surface area contributed by atoms with Gasteiger partial charge in [-0.25, -0.2) is 4.39 Å². The first-order chi connectivity index (χ1) is 11.1. The van der Waals surface area contributed by atoms with E-state index in [0.717, 1.165) is 22.8 Å². The molecule has 6 heteroatoms. The van der Waals surface area contributed by atoms with Crippen LogP contribution in [0, 0.1) is 24.4 Å². The summed E-state index contributed by atoms with van der Waals surface area (Å²) >= 11 is 5.37. The predicted molar refractivity (Wildman–Crippen MR) is 91.9 cm³/mol. The van der Waals surface area contributed by atoms with Crippen molar-refractivity contribution in [2.45, 2.75) is 20.4 Å². The van der Waals surface area contributed by atoms with E-state index in [-0.39, 0.29) is 5.82 Å². The zero-order valence-corrected chi connectivity index (χ0v) is 13.7. The molecule has 1 heterocycles. The molecule has 23 heavy (non-hydrogen) atoms. The molecule has 0 aliphatic carbocycles. The van der Waals surface area contributed by atoms with Crippen molar-refractivity contribution < 1.29 is 4.39 Å². The van der Waals surface area contributed by atoms with Crippen molar-refractivity contribution in [1.29, 1.82) is 0 Å². The highest BCUT2D eigenvalue weighted by molar-refractivity contribution is 7.71. The van der Waals surface area contributed by atoms with Crippen molar-refractivity contribution in [1.82, 2.24) is 14.8 Å². The number of hydrogen-bond acceptors (Lipinski definition) is 3.